The van der Waals surface area contributed by atoms with Crippen LogP contribution in [0.15, 0.2) is 0 Å². The Kier molecular flexibility index (Phi) is 7.40. The number of ether oxygens (including phenoxy) is 1. The first-order chi connectivity index (χ1) is 7.15. The van der Waals surface area contributed by atoms with Gasteiger partial charge >= 0.3 is 12.0 Å². The van der Waals surface area contributed by atoms with Gasteiger partial charge in [-0.2, -0.15) is 0 Å². The molecule has 0 atom stereocenters. The van der Waals surface area contributed by atoms with E-state index < -0.39 is 5.97 Å². The zero-order valence-corrected chi connectivity index (χ0v) is 9.71. The van der Waals surface area contributed by atoms with Crippen LogP contribution >= 0.6 is 0 Å². The first-order valence-corrected chi connectivity index (χ1v) is 5.25. The van der Waals surface area contributed by atoms with Gasteiger partial charge in [0.1, 0.15) is 6.54 Å². The highest BCUT2D eigenvalue weighted by atomic mass is 16.5. The van der Waals surface area contributed by atoms with Gasteiger partial charge in [0.05, 0.1) is 7.11 Å². The quantitative estimate of drug-likeness (QED) is 0.674. The summed E-state index contributed by atoms with van der Waals surface area (Å²) >= 11 is 0. The van der Waals surface area contributed by atoms with Crippen LogP contribution in [0.4, 0.5) is 4.79 Å². The number of amides is 2. The Bertz CT molecular complexity index is 207. The van der Waals surface area contributed by atoms with Crippen molar-refractivity contribution in [1.82, 2.24) is 10.2 Å². The minimum absolute atomic E-state index is 0.0138. The maximum atomic E-state index is 11.6. The summed E-state index contributed by atoms with van der Waals surface area (Å²) in [5.74, 6) is -0.393. The average Bonchev–Trinajstić information content (AvgIpc) is 2.24. The molecular weight excluding hydrogens is 196 g/mol. The standard InChI is InChI=1S/C10H20N2O3/c1-4-6-11-10(14)12(7-5-2)8-9(13)15-3/h4-8H2,1-3H3,(H,11,14). The van der Waals surface area contributed by atoms with Crippen LogP contribution in [0.3, 0.4) is 0 Å². The molecule has 0 aromatic carbocycles. The molecule has 0 saturated heterocycles. The molecule has 0 bridgehead atoms. The molecule has 1 N–H and O–H groups in total. The molecule has 88 valence electrons. The second-order valence-corrected chi connectivity index (χ2v) is 3.23. The molecule has 0 spiro atoms. The van der Waals surface area contributed by atoms with Gasteiger partial charge in [-0.3, -0.25) is 4.79 Å². The lowest BCUT2D eigenvalue weighted by Gasteiger charge is -2.20. The molecule has 15 heavy (non-hydrogen) atoms. The van der Waals surface area contributed by atoms with Crippen molar-refractivity contribution in [2.45, 2.75) is 26.7 Å². The Hall–Kier alpha value is -1.26. The number of hydrogen-bond donors (Lipinski definition) is 1. The minimum atomic E-state index is -0.393. The fourth-order valence-electron chi connectivity index (χ4n) is 1.09. The molecular formula is C10H20N2O3. The summed E-state index contributed by atoms with van der Waals surface area (Å²) in [6, 6.07) is -0.205. The third-order valence-corrected chi connectivity index (χ3v) is 1.85. The molecule has 0 rings (SSSR count). The number of carbonyl (C=O) groups is 2. The largest absolute Gasteiger partial charge is 0.468 e. The average molecular weight is 216 g/mol. The van der Waals surface area contributed by atoms with Gasteiger partial charge in [-0.15, -0.1) is 0 Å². The summed E-state index contributed by atoms with van der Waals surface area (Å²) in [4.78, 5) is 24.0. The smallest absolute Gasteiger partial charge is 0.325 e. The zero-order chi connectivity index (χ0) is 11.7. The normalized spacial score (nSPS) is 9.53. The van der Waals surface area contributed by atoms with E-state index >= 15 is 0 Å². The van der Waals surface area contributed by atoms with E-state index in [1.807, 2.05) is 13.8 Å². The highest BCUT2D eigenvalue weighted by Crippen LogP contribution is 1.94. The Labute approximate surface area is 90.8 Å². The van der Waals surface area contributed by atoms with Crippen molar-refractivity contribution >= 4 is 12.0 Å². The Balaban J connectivity index is 4.11. The first kappa shape index (κ1) is 13.7. The molecule has 0 fully saturated rings. The van der Waals surface area contributed by atoms with Gasteiger partial charge in [0.25, 0.3) is 0 Å². The monoisotopic (exact) mass is 216 g/mol. The van der Waals surface area contributed by atoms with E-state index in [0.29, 0.717) is 13.1 Å². The van der Waals surface area contributed by atoms with E-state index in [2.05, 4.69) is 10.1 Å². The Morgan fingerprint density at radius 1 is 1.27 bits per heavy atom. The zero-order valence-electron chi connectivity index (χ0n) is 9.71. The number of esters is 1. The van der Waals surface area contributed by atoms with Gasteiger partial charge in [-0.25, -0.2) is 4.79 Å². The highest BCUT2D eigenvalue weighted by Gasteiger charge is 2.15. The van der Waals surface area contributed by atoms with Crippen LogP contribution in [0.5, 0.6) is 0 Å². The van der Waals surface area contributed by atoms with E-state index in [1.165, 1.54) is 12.0 Å². The lowest BCUT2D eigenvalue weighted by Crippen LogP contribution is -2.43. The van der Waals surface area contributed by atoms with Crippen LogP contribution in [-0.2, 0) is 9.53 Å². The number of nitrogens with zero attached hydrogens (tertiary/aromatic N) is 1. The summed E-state index contributed by atoms with van der Waals surface area (Å²) in [6.07, 6.45) is 1.69. The molecule has 0 aromatic rings. The number of carbonyl (C=O) groups excluding carboxylic acids is 2. The topological polar surface area (TPSA) is 58.6 Å². The van der Waals surface area contributed by atoms with Crippen LogP contribution < -0.4 is 5.32 Å². The van der Waals surface area contributed by atoms with Gasteiger partial charge < -0.3 is 15.0 Å². The molecule has 0 radical (unpaired) electrons. The van der Waals surface area contributed by atoms with Crippen molar-refractivity contribution in [3.8, 4) is 0 Å². The van der Waals surface area contributed by atoms with Crippen molar-refractivity contribution < 1.29 is 14.3 Å². The van der Waals surface area contributed by atoms with Crippen LogP contribution in [0.1, 0.15) is 26.7 Å². The molecule has 5 nitrogen and oxygen atoms in total. The van der Waals surface area contributed by atoms with E-state index in [0.717, 1.165) is 12.8 Å². The van der Waals surface area contributed by atoms with E-state index in [4.69, 9.17) is 0 Å². The highest BCUT2D eigenvalue weighted by molar-refractivity contribution is 5.80. The van der Waals surface area contributed by atoms with Crippen LogP contribution in [0, 0.1) is 0 Å². The maximum Gasteiger partial charge on any atom is 0.325 e. The third kappa shape index (κ3) is 5.93. The number of urea groups is 1. The van der Waals surface area contributed by atoms with Crippen molar-refractivity contribution in [1.29, 1.82) is 0 Å². The van der Waals surface area contributed by atoms with Crippen molar-refractivity contribution in [2.75, 3.05) is 26.7 Å². The SMILES string of the molecule is CCCNC(=O)N(CCC)CC(=O)OC. The number of rotatable bonds is 6. The van der Waals surface area contributed by atoms with Crippen LogP contribution in [0.2, 0.25) is 0 Å². The van der Waals surface area contributed by atoms with E-state index in [9.17, 15) is 9.59 Å². The molecule has 0 aliphatic heterocycles. The Morgan fingerprint density at radius 2 is 1.93 bits per heavy atom. The second kappa shape index (κ2) is 8.08. The second-order valence-electron chi connectivity index (χ2n) is 3.23. The lowest BCUT2D eigenvalue weighted by molar-refractivity contribution is -0.141. The minimum Gasteiger partial charge on any atom is -0.468 e. The van der Waals surface area contributed by atoms with Gasteiger partial charge in [0, 0.05) is 13.1 Å². The summed E-state index contributed by atoms with van der Waals surface area (Å²) in [5.41, 5.74) is 0. The number of hydrogen-bond acceptors (Lipinski definition) is 3. The van der Waals surface area contributed by atoms with Crippen molar-refractivity contribution in [3.63, 3.8) is 0 Å². The van der Waals surface area contributed by atoms with Crippen molar-refractivity contribution in [2.24, 2.45) is 0 Å². The predicted molar refractivity (Wildman–Crippen MR) is 57.6 cm³/mol. The molecule has 0 heterocycles. The van der Waals surface area contributed by atoms with Crippen molar-refractivity contribution in [3.05, 3.63) is 0 Å². The molecule has 2 amide bonds. The van der Waals surface area contributed by atoms with E-state index in [1.54, 1.807) is 0 Å². The lowest BCUT2D eigenvalue weighted by atomic mass is 10.4. The van der Waals surface area contributed by atoms with Gasteiger partial charge in [0.2, 0.25) is 0 Å². The fourth-order valence-corrected chi connectivity index (χ4v) is 1.09. The molecule has 5 heteroatoms. The summed E-state index contributed by atoms with van der Waals surface area (Å²) in [5, 5.41) is 2.73. The maximum absolute atomic E-state index is 11.6. The molecule has 0 aliphatic rings. The van der Waals surface area contributed by atoms with Gasteiger partial charge in [-0.1, -0.05) is 13.8 Å². The number of nitrogens with one attached hydrogen (secondary N) is 1. The first-order valence-electron chi connectivity index (χ1n) is 5.25. The predicted octanol–water partition coefficient (Wildman–Crippen LogP) is 0.991. The molecule has 0 aliphatic carbocycles. The molecule has 0 saturated carbocycles. The van der Waals surface area contributed by atoms with E-state index in [-0.39, 0.29) is 12.6 Å². The molecule has 0 unspecified atom stereocenters. The fraction of sp³-hybridized carbons (Fsp3) is 0.800. The van der Waals surface area contributed by atoms with Crippen LogP contribution in [0.25, 0.3) is 0 Å². The van der Waals surface area contributed by atoms with Gasteiger partial charge in [0.15, 0.2) is 0 Å². The third-order valence-electron chi connectivity index (χ3n) is 1.85. The Morgan fingerprint density at radius 3 is 2.40 bits per heavy atom. The van der Waals surface area contributed by atoms with Gasteiger partial charge in [-0.05, 0) is 12.8 Å². The van der Waals surface area contributed by atoms with Crippen LogP contribution in [-0.4, -0.2) is 43.6 Å². The summed E-state index contributed by atoms with van der Waals surface area (Å²) in [6.45, 7) is 5.13. The summed E-state index contributed by atoms with van der Waals surface area (Å²) in [7, 11) is 1.32. The molecule has 0 aromatic heterocycles. The number of methoxy groups -OCH3 is 1. The summed E-state index contributed by atoms with van der Waals surface area (Å²) < 4.78 is 4.52.